The van der Waals surface area contributed by atoms with Crippen LogP contribution in [-0.2, 0) is 9.59 Å². The highest BCUT2D eigenvalue weighted by Crippen LogP contribution is 2.24. The van der Waals surface area contributed by atoms with Gasteiger partial charge in [0.2, 0.25) is 11.8 Å². The molecular formula is C25H35N7O2. The molecule has 2 aliphatic rings. The predicted octanol–water partition coefficient (Wildman–Crippen LogP) is 2.19. The summed E-state index contributed by atoms with van der Waals surface area (Å²) in [5.74, 6) is 1.44. The Bertz CT molecular complexity index is 955. The molecule has 3 N–H and O–H groups in total. The molecule has 2 fully saturated rings. The Morgan fingerprint density at radius 3 is 2.38 bits per heavy atom. The van der Waals surface area contributed by atoms with Crippen LogP contribution in [-0.4, -0.2) is 83.4 Å². The van der Waals surface area contributed by atoms with Crippen molar-refractivity contribution in [2.24, 2.45) is 0 Å². The Morgan fingerprint density at radius 1 is 0.971 bits per heavy atom. The molecule has 0 spiro atoms. The molecule has 0 unspecified atom stereocenters. The number of anilines is 2. The minimum Gasteiger partial charge on any atom is -0.368 e. The van der Waals surface area contributed by atoms with Gasteiger partial charge in [-0.1, -0.05) is 43.2 Å². The minimum atomic E-state index is -0.0773. The molecule has 9 nitrogen and oxygen atoms in total. The number of amides is 2. The fraction of sp³-hybridized carbons (Fsp3) is 0.520. The predicted molar refractivity (Wildman–Crippen MR) is 134 cm³/mol. The van der Waals surface area contributed by atoms with Crippen molar-refractivity contribution in [3.8, 4) is 11.4 Å². The van der Waals surface area contributed by atoms with Crippen LogP contribution < -0.4 is 16.0 Å². The van der Waals surface area contributed by atoms with Crippen molar-refractivity contribution < 1.29 is 9.59 Å². The van der Waals surface area contributed by atoms with Crippen molar-refractivity contribution in [2.45, 2.75) is 38.6 Å². The third-order valence-electron chi connectivity index (χ3n) is 6.45. The SMILES string of the molecule is CC(=O)NCCNc1cc(NC(=O)CN2CCN(C3CCCC3)CC2)nc(-c2ccccc2)n1. The first-order valence-corrected chi connectivity index (χ1v) is 12.3. The van der Waals surface area contributed by atoms with Crippen LogP contribution in [0.3, 0.4) is 0 Å². The van der Waals surface area contributed by atoms with Gasteiger partial charge in [0.25, 0.3) is 0 Å². The zero-order valence-electron chi connectivity index (χ0n) is 19.9. The lowest BCUT2D eigenvalue weighted by Crippen LogP contribution is -2.51. The number of aromatic nitrogens is 2. The molecular weight excluding hydrogens is 430 g/mol. The van der Waals surface area contributed by atoms with E-state index < -0.39 is 0 Å². The Morgan fingerprint density at radius 2 is 1.68 bits per heavy atom. The smallest absolute Gasteiger partial charge is 0.239 e. The van der Waals surface area contributed by atoms with Crippen LogP contribution in [0.5, 0.6) is 0 Å². The van der Waals surface area contributed by atoms with Crippen LogP contribution in [0.15, 0.2) is 36.4 Å². The van der Waals surface area contributed by atoms with E-state index in [4.69, 9.17) is 0 Å². The number of nitrogens with one attached hydrogen (secondary N) is 3. The van der Waals surface area contributed by atoms with Gasteiger partial charge in [-0.2, -0.15) is 0 Å². The first-order valence-electron chi connectivity index (χ1n) is 12.3. The number of piperazine rings is 1. The molecule has 1 saturated heterocycles. The van der Waals surface area contributed by atoms with Gasteiger partial charge in [0, 0.05) is 63.9 Å². The molecule has 0 bridgehead atoms. The van der Waals surface area contributed by atoms with Crippen LogP contribution in [0.1, 0.15) is 32.6 Å². The maximum Gasteiger partial charge on any atom is 0.239 e. The van der Waals surface area contributed by atoms with Crippen molar-refractivity contribution in [3.05, 3.63) is 36.4 Å². The molecule has 1 saturated carbocycles. The van der Waals surface area contributed by atoms with Gasteiger partial charge in [0.15, 0.2) is 5.82 Å². The highest BCUT2D eigenvalue weighted by Gasteiger charge is 2.26. The van der Waals surface area contributed by atoms with E-state index in [1.165, 1.54) is 32.6 Å². The van der Waals surface area contributed by atoms with Gasteiger partial charge in [0.1, 0.15) is 11.6 Å². The Labute approximate surface area is 201 Å². The van der Waals surface area contributed by atoms with E-state index in [9.17, 15) is 9.59 Å². The van der Waals surface area contributed by atoms with Gasteiger partial charge in [-0.15, -0.1) is 0 Å². The van der Waals surface area contributed by atoms with Gasteiger partial charge in [-0.25, -0.2) is 9.97 Å². The molecule has 2 aromatic rings. The molecule has 1 aliphatic carbocycles. The van der Waals surface area contributed by atoms with E-state index in [0.717, 1.165) is 37.8 Å². The van der Waals surface area contributed by atoms with E-state index in [1.807, 2.05) is 30.3 Å². The zero-order chi connectivity index (χ0) is 23.8. The van der Waals surface area contributed by atoms with Crippen LogP contribution in [0.4, 0.5) is 11.6 Å². The van der Waals surface area contributed by atoms with Gasteiger partial charge < -0.3 is 16.0 Å². The average Bonchev–Trinajstić information content (AvgIpc) is 3.38. The van der Waals surface area contributed by atoms with Gasteiger partial charge >= 0.3 is 0 Å². The average molecular weight is 466 g/mol. The number of carbonyl (C=O) groups excluding carboxylic acids is 2. The normalized spacial score (nSPS) is 17.4. The molecule has 9 heteroatoms. The molecule has 1 aromatic carbocycles. The first kappa shape index (κ1) is 24.1. The van der Waals surface area contributed by atoms with Crippen molar-refractivity contribution >= 4 is 23.5 Å². The summed E-state index contributed by atoms with van der Waals surface area (Å²) in [7, 11) is 0. The summed E-state index contributed by atoms with van der Waals surface area (Å²) in [5.41, 5.74) is 0.867. The fourth-order valence-corrected chi connectivity index (χ4v) is 4.69. The molecule has 2 amide bonds. The maximum atomic E-state index is 12.8. The van der Waals surface area contributed by atoms with Crippen molar-refractivity contribution in [2.75, 3.05) is 56.4 Å². The highest BCUT2D eigenvalue weighted by molar-refractivity contribution is 5.92. The molecule has 0 atom stereocenters. The van der Waals surface area contributed by atoms with E-state index in [1.54, 1.807) is 6.07 Å². The molecule has 1 aromatic heterocycles. The zero-order valence-corrected chi connectivity index (χ0v) is 19.9. The van der Waals surface area contributed by atoms with Gasteiger partial charge in [0.05, 0.1) is 6.54 Å². The third kappa shape index (κ3) is 6.98. The molecule has 182 valence electrons. The van der Waals surface area contributed by atoms with Crippen LogP contribution in [0.25, 0.3) is 11.4 Å². The van der Waals surface area contributed by atoms with Crippen LogP contribution in [0, 0.1) is 0 Å². The number of rotatable bonds is 9. The summed E-state index contributed by atoms with van der Waals surface area (Å²) in [4.78, 5) is 37.9. The number of hydrogen-bond donors (Lipinski definition) is 3. The lowest BCUT2D eigenvalue weighted by Gasteiger charge is -2.37. The summed E-state index contributed by atoms with van der Waals surface area (Å²) in [5, 5.41) is 8.91. The first-order chi connectivity index (χ1) is 16.6. The number of hydrogen-bond acceptors (Lipinski definition) is 7. The largest absolute Gasteiger partial charge is 0.368 e. The Balaban J connectivity index is 1.36. The van der Waals surface area contributed by atoms with Crippen molar-refractivity contribution in [1.82, 2.24) is 25.1 Å². The monoisotopic (exact) mass is 465 g/mol. The fourth-order valence-electron chi connectivity index (χ4n) is 4.69. The van der Waals surface area contributed by atoms with Crippen LogP contribution >= 0.6 is 0 Å². The van der Waals surface area contributed by atoms with E-state index >= 15 is 0 Å². The topological polar surface area (TPSA) is 102 Å². The van der Waals surface area contributed by atoms with Crippen molar-refractivity contribution in [1.29, 1.82) is 0 Å². The quantitative estimate of drug-likeness (QED) is 0.488. The second kappa shape index (κ2) is 11.9. The minimum absolute atomic E-state index is 0.0729. The lowest BCUT2D eigenvalue weighted by atomic mass is 10.2. The summed E-state index contributed by atoms with van der Waals surface area (Å²) >= 11 is 0. The second-order valence-electron chi connectivity index (χ2n) is 9.04. The number of benzene rings is 1. The molecule has 4 rings (SSSR count). The lowest BCUT2D eigenvalue weighted by molar-refractivity contribution is -0.119. The van der Waals surface area contributed by atoms with Gasteiger partial charge in [-0.05, 0) is 12.8 Å². The molecule has 2 heterocycles. The molecule has 0 radical (unpaired) electrons. The van der Waals surface area contributed by atoms with E-state index in [0.29, 0.717) is 37.1 Å². The van der Waals surface area contributed by atoms with Crippen molar-refractivity contribution in [3.63, 3.8) is 0 Å². The maximum absolute atomic E-state index is 12.8. The standard InChI is InChI=1S/C25H35N7O2/c1-19(33)26-11-12-27-22-17-23(30-25(29-22)20-7-3-2-4-8-20)28-24(34)18-31-13-15-32(16-14-31)21-9-5-6-10-21/h2-4,7-8,17,21H,5-6,9-16,18H2,1H3,(H,26,33)(H2,27,28,29,30,34). The van der Waals surface area contributed by atoms with E-state index in [-0.39, 0.29) is 11.8 Å². The number of nitrogens with zero attached hydrogens (tertiary/aromatic N) is 4. The Kier molecular flexibility index (Phi) is 8.43. The summed E-state index contributed by atoms with van der Waals surface area (Å²) in [6.45, 7) is 6.74. The Hall–Kier alpha value is -3.04. The highest BCUT2D eigenvalue weighted by atomic mass is 16.2. The van der Waals surface area contributed by atoms with Gasteiger partial charge in [-0.3, -0.25) is 19.4 Å². The number of carbonyl (C=O) groups is 2. The summed E-state index contributed by atoms with van der Waals surface area (Å²) < 4.78 is 0. The third-order valence-corrected chi connectivity index (χ3v) is 6.45. The summed E-state index contributed by atoms with van der Waals surface area (Å²) in [6.07, 6.45) is 5.33. The second-order valence-corrected chi connectivity index (χ2v) is 9.04. The molecule has 1 aliphatic heterocycles. The summed E-state index contributed by atoms with van der Waals surface area (Å²) in [6, 6.07) is 12.1. The van der Waals surface area contributed by atoms with E-state index in [2.05, 4.69) is 35.7 Å². The van der Waals surface area contributed by atoms with Crippen LogP contribution in [0.2, 0.25) is 0 Å². The molecule has 34 heavy (non-hydrogen) atoms.